The zero-order valence-corrected chi connectivity index (χ0v) is 5.33. The van der Waals surface area contributed by atoms with Crippen molar-refractivity contribution < 1.29 is 38.9 Å². The van der Waals surface area contributed by atoms with E-state index in [1.165, 1.54) is 0 Å². The van der Waals surface area contributed by atoms with E-state index in [0.29, 0.717) is 0 Å². The van der Waals surface area contributed by atoms with Crippen LogP contribution in [0.5, 0.6) is 0 Å². The quantitative estimate of drug-likeness (QED) is 0.409. The average molecular weight is 156 g/mol. The van der Waals surface area contributed by atoms with E-state index in [1.807, 2.05) is 0 Å². The van der Waals surface area contributed by atoms with Gasteiger partial charge in [-0.25, -0.2) is 0 Å². The van der Waals surface area contributed by atoms with Crippen molar-refractivity contribution >= 4 is 10.1 Å². The second kappa shape index (κ2) is 32.2. The third kappa shape index (κ3) is 11.2. The van der Waals surface area contributed by atoms with Gasteiger partial charge >= 0.3 is 31.9 Å². The van der Waals surface area contributed by atoms with E-state index in [4.69, 9.17) is 3.57 Å². The molecule has 0 atom stereocenters. The molecule has 0 unspecified atom stereocenters. The number of hydrogen-bond donors (Lipinski definition) is 0. The molecule has 0 aliphatic heterocycles. The van der Waals surface area contributed by atoms with Crippen LogP contribution in [0.3, 0.4) is 0 Å². The first kappa shape index (κ1) is 19.4. The summed E-state index contributed by atoms with van der Waals surface area (Å²) in [4.78, 5) is 0. The Kier molecular flexibility index (Phi) is 156. The minimum absolute atomic E-state index is 0. The molecule has 0 bridgehead atoms. The fourth-order valence-electron chi connectivity index (χ4n) is 0. The van der Waals surface area contributed by atoms with Crippen molar-refractivity contribution in [2.24, 2.45) is 0 Å². The zero-order valence-electron chi connectivity index (χ0n) is 1.42. The summed E-state index contributed by atoms with van der Waals surface area (Å²) in [5.74, 6) is 0. The van der Waals surface area contributed by atoms with E-state index in [-0.39, 0.29) is 45.4 Å². The molecule has 23 valence electrons. The third-order valence-corrected chi connectivity index (χ3v) is 0. The van der Waals surface area contributed by atoms with Crippen LogP contribution in [0.2, 0.25) is 0 Å². The van der Waals surface area contributed by atoms with Gasteiger partial charge < -0.3 is 0 Å². The molecule has 4 heavy (non-hydrogen) atoms. The molecule has 1 radical (unpaired) electrons. The Hall–Kier alpha value is 1.11. The molecule has 0 amide bonds. The summed E-state index contributed by atoms with van der Waals surface area (Å²) in [6.07, 6.45) is 0. The van der Waals surface area contributed by atoms with E-state index in [1.54, 1.807) is 0 Å². The Bertz CT molecular complexity index is 8.00. The number of rotatable bonds is 0. The molecule has 1 nitrogen and oxygen atoms in total. The van der Waals surface area contributed by atoms with Gasteiger partial charge in [-0.15, -0.1) is 0 Å². The average Bonchev–Trinajstić information content (AvgIpc) is 1.00. The Morgan fingerprint density at radius 3 is 1.25 bits per heavy atom. The summed E-state index contributed by atoms with van der Waals surface area (Å²) >= 11 is 0.125. The van der Waals surface area contributed by atoms with Crippen molar-refractivity contribution in [1.29, 1.82) is 0 Å². The van der Waals surface area contributed by atoms with Crippen molar-refractivity contribution in [1.82, 2.24) is 0 Å². The van der Waals surface area contributed by atoms with Crippen LogP contribution in [0.15, 0.2) is 0 Å². The molecule has 0 saturated heterocycles. The van der Waals surface area contributed by atoms with Crippen LogP contribution in [0.25, 0.3) is 0 Å². The van der Waals surface area contributed by atoms with Crippen molar-refractivity contribution in [3.63, 3.8) is 0 Å². The summed E-state index contributed by atoms with van der Waals surface area (Å²) in [5, 5.41) is 0. The molecule has 0 aliphatic rings. The molecule has 0 fully saturated rings. The van der Waals surface area contributed by atoms with Gasteiger partial charge in [-0.1, -0.05) is 0 Å². The Labute approximate surface area is 49.2 Å². The second-order valence-electron chi connectivity index (χ2n) is 0. The summed E-state index contributed by atoms with van der Waals surface area (Å²) in [5.41, 5.74) is 0. The van der Waals surface area contributed by atoms with Crippen LogP contribution in [0, 0.1) is 0 Å². The minimum atomic E-state index is 0. The van der Waals surface area contributed by atoms with Crippen molar-refractivity contribution in [3.8, 4) is 0 Å². The fraction of sp³-hybridized carbons (Fsp3) is 0. The van der Waals surface area contributed by atoms with Crippen molar-refractivity contribution in [2.45, 2.75) is 0 Å². The molecule has 0 N–H and O–H groups in total. The molecule has 0 aromatic carbocycles. The Balaban J connectivity index is -0.00000000500. The summed E-state index contributed by atoms with van der Waals surface area (Å²) < 4.78 is 8.38. The van der Waals surface area contributed by atoms with Gasteiger partial charge in [-0.2, -0.15) is 0 Å². The molecule has 0 spiro atoms. The predicted molar refractivity (Wildman–Crippen MR) is 9.23 cm³/mol. The first-order valence-corrected chi connectivity index (χ1v) is 1.50. The van der Waals surface area contributed by atoms with Gasteiger partial charge in [0.15, 0.2) is 0 Å². The Morgan fingerprint density at radius 2 is 1.25 bits per heavy atom. The molecular formula is H2BeCuOZn. The molecular weight excluding hydrogens is 154 g/mol. The van der Waals surface area contributed by atoms with E-state index in [2.05, 4.69) is 0 Å². The summed E-state index contributed by atoms with van der Waals surface area (Å²) in [6.45, 7) is 0. The van der Waals surface area contributed by atoms with Crippen LogP contribution in [0.4, 0.5) is 0 Å². The maximum atomic E-state index is 8.38. The monoisotopic (exact) mass is 154 g/mol. The van der Waals surface area contributed by atoms with Gasteiger partial charge in [0.05, 0.1) is 0 Å². The molecule has 0 rings (SSSR count). The first-order valence-electron chi connectivity index (χ1n) is 0.289. The van der Waals surface area contributed by atoms with Crippen LogP contribution >= 0.6 is 0 Å². The van der Waals surface area contributed by atoms with Gasteiger partial charge in [0.25, 0.3) is 0 Å². The van der Waals surface area contributed by atoms with Gasteiger partial charge in [0, 0.05) is 17.1 Å². The van der Waals surface area contributed by atoms with Gasteiger partial charge in [0.2, 0.25) is 0 Å². The first-order chi connectivity index (χ1) is 1.00. The van der Waals surface area contributed by atoms with Crippen molar-refractivity contribution in [3.05, 3.63) is 0 Å². The molecule has 4 heteroatoms. The van der Waals surface area contributed by atoms with Crippen LogP contribution in [-0.4, -0.2) is 10.1 Å². The molecule has 0 heterocycles. The van der Waals surface area contributed by atoms with Gasteiger partial charge in [-0.05, 0) is 0 Å². The summed E-state index contributed by atoms with van der Waals surface area (Å²) in [7, 11) is 0. The third-order valence-electron chi connectivity index (χ3n) is 0. The second-order valence-corrected chi connectivity index (χ2v) is 0. The van der Waals surface area contributed by atoms with E-state index in [9.17, 15) is 0 Å². The van der Waals surface area contributed by atoms with E-state index in [0.717, 1.165) is 0 Å². The van der Waals surface area contributed by atoms with Crippen LogP contribution in [-0.2, 0) is 38.9 Å². The topological polar surface area (TPSA) is 17.1 Å². The van der Waals surface area contributed by atoms with Crippen LogP contribution in [0.1, 0.15) is 0 Å². The van der Waals surface area contributed by atoms with Crippen molar-refractivity contribution in [2.75, 3.05) is 0 Å². The van der Waals surface area contributed by atoms with E-state index >= 15 is 0 Å². The molecule has 0 saturated carbocycles. The Morgan fingerprint density at radius 1 is 1.25 bits per heavy atom. The fourth-order valence-corrected chi connectivity index (χ4v) is 0. The maximum absolute atomic E-state index is 8.38. The standard InChI is InChI=1S/Be.Cu.O.Zn.2H. The predicted octanol–water partition coefficient (Wildman–Crippen LogP) is -1.04. The zero-order chi connectivity index (χ0) is 2.00. The summed E-state index contributed by atoms with van der Waals surface area (Å²) in [6, 6.07) is 0. The van der Waals surface area contributed by atoms with Gasteiger partial charge in [-0.3, -0.25) is 0 Å². The number of hydrogen-bond acceptors (Lipinski definition) is 1. The molecule has 0 aliphatic carbocycles. The molecule has 0 aromatic heterocycles. The van der Waals surface area contributed by atoms with Crippen LogP contribution < -0.4 is 0 Å². The van der Waals surface area contributed by atoms with E-state index < -0.39 is 0 Å². The SMILES string of the molecule is [BeH2].[Cu].[O]=[Zn]. The van der Waals surface area contributed by atoms with Gasteiger partial charge in [0.1, 0.15) is 0 Å². The molecule has 0 aromatic rings. The normalized spacial score (nSPS) is 1.50.